The number of nitrogens with zero attached hydrogens (tertiary/aromatic N) is 4. The van der Waals surface area contributed by atoms with Crippen molar-refractivity contribution in [3.63, 3.8) is 0 Å². The molecule has 1 saturated heterocycles. The minimum atomic E-state index is -0.430. The summed E-state index contributed by atoms with van der Waals surface area (Å²) < 4.78 is 16.1. The van der Waals surface area contributed by atoms with E-state index in [0.29, 0.717) is 43.6 Å². The first kappa shape index (κ1) is 18.4. The fourth-order valence-electron chi connectivity index (χ4n) is 3.70. The Morgan fingerprint density at radius 1 is 1.36 bits per heavy atom. The Balaban J connectivity index is 1.63. The molecule has 28 heavy (non-hydrogen) atoms. The monoisotopic (exact) mass is 382 g/mol. The standard InChI is InChI=1S/C20H22N4O4/c1-26-12-8-20(19-22-17(28-23-19)15-5-2-9-21-13-15)7-4-10-24(14-20)18(25)16-6-3-11-27-16/h2-3,5-6,9,11,13H,4,7-8,10,12,14H2,1H3. The van der Waals surface area contributed by atoms with Crippen LogP contribution in [0.3, 0.4) is 0 Å². The van der Waals surface area contributed by atoms with Gasteiger partial charge in [0.25, 0.3) is 11.8 Å². The highest BCUT2D eigenvalue weighted by atomic mass is 16.5. The van der Waals surface area contributed by atoms with Gasteiger partial charge < -0.3 is 18.6 Å². The number of carbonyl (C=O) groups is 1. The second-order valence-electron chi connectivity index (χ2n) is 7.00. The van der Waals surface area contributed by atoms with E-state index in [1.807, 2.05) is 12.1 Å². The van der Waals surface area contributed by atoms with E-state index in [4.69, 9.17) is 13.7 Å². The molecule has 1 atom stereocenters. The van der Waals surface area contributed by atoms with Crippen molar-refractivity contribution in [2.24, 2.45) is 0 Å². The van der Waals surface area contributed by atoms with Crippen LogP contribution in [0.2, 0.25) is 0 Å². The second kappa shape index (κ2) is 7.93. The van der Waals surface area contributed by atoms with Gasteiger partial charge in [-0.1, -0.05) is 5.16 Å². The molecule has 8 nitrogen and oxygen atoms in total. The smallest absolute Gasteiger partial charge is 0.289 e. The maximum atomic E-state index is 12.8. The van der Waals surface area contributed by atoms with E-state index < -0.39 is 5.41 Å². The molecule has 0 aromatic carbocycles. The van der Waals surface area contributed by atoms with E-state index in [1.54, 1.807) is 36.5 Å². The molecule has 1 amide bonds. The van der Waals surface area contributed by atoms with Crippen molar-refractivity contribution in [2.75, 3.05) is 26.8 Å². The molecule has 1 aliphatic rings. The van der Waals surface area contributed by atoms with Gasteiger partial charge in [0.15, 0.2) is 11.6 Å². The average Bonchev–Trinajstić information content (AvgIpc) is 3.45. The normalized spacial score (nSPS) is 19.7. The summed E-state index contributed by atoms with van der Waals surface area (Å²) in [6, 6.07) is 7.10. The van der Waals surface area contributed by atoms with E-state index in [9.17, 15) is 4.79 Å². The minimum Gasteiger partial charge on any atom is -0.459 e. The van der Waals surface area contributed by atoms with Crippen LogP contribution in [0, 0.1) is 0 Å². The van der Waals surface area contributed by atoms with E-state index >= 15 is 0 Å². The zero-order valence-electron chi connectivity index (χ0n) is 15.7. The largest absolute Gasteiger partial charge is 0.459 e. The van der Waals surface area contributed by atoms with Gasteiger partial charge in [-0.25, -0.2) is 0 Å². The number of ether oxygens (including phenoxy) is 1. The van der Waals surface area contributed by atoms with Crippen LogP contribution in [0.5, 0.6) is 0 Å². The number of pyridine rings is 1. The third-order valence-corrected chi connectivity index (χ3v) is 5.19. The molecule has 0 bridgehead atoms. The minimum absolute atomic E-state index is 0.123. The molecule has 0 N–H and O–H groups in total. The topological polar surface area (TPSA) is 94.5 Å². The number of methoxy groups -OCH3 is 1. The van der Waals surface area contributed by atoms with E-state index in [0.717, 1.165) is 18.4 Å². The SMILES string of the molecule is COCCC1(c2noc(-c3cccnc3)n2)CCCN(C(=O)c2ccco2)C1. The summed E-state index contributed by atoms with van der Waals surface area (Å²) in [5.41, 5.74) is 0.336. The van der Waals surface area contributed by atoms with Crippen LogP contribution in [0.25, 0.3) is 11.5 Å². The molecule has 4 heterocycles. The summed E-state index contributed by atoms with van der Waals surface area (Å²) in [7, 11) is 1.67. The van der Waals surface area contributed by atoms with Crippen LogP contribution in [0.1, 0.15) is 35.6 Å². The highest BCUT2D eigenvalue weighted by Gasteiger charge is 2.42. The van der Waals surface area contributed by atoms with Crippen LogP contribution < -0.4 is 0 Å². The van der Waals surface area contributed by atoms with Crippen LogP contribution >= 0.6 is 0 Å². The number of rotatable bonds is 6. The molecule has 0 spiro atoms. The molecule has 0 saturated carbocycles. The van der Waals surface area contributed by atoms with Crippen molar-refractivity contribution >= 4 is 5.91 Å². The Hall–Kier alpha value is -3.00. The second-order valence-corrected chi connectivity index (χ2v) is 7.00. The third kappa shape index (κ3) is 3.55. The van der Waals surface area contributed by atoms with Gasteiger partial charge in [-0.15, -0.1) is 0 Å². The lowest BCUT2D eigenvalue weighted by Gasteiger charge is -2.40. The summed E-state index contributed by atoms with van der Waals surface area (Å²) in [5, 5.41) is 4.27. The lowest BCUT2D eigenvalue weighted by Crippen LogP contribution is -2.49. The number of hydrogen-bond donors (Lipinski definition) is 0. The molecular formula is C20H22N4O4. The summed E-state index contributed by atoms with van der Waals surface area (Å²) in [6.07, 6.45) is 7.27. The number of aromatic nitrogens is 3. The quantitative estimate of drug-likeness (QED) is 0.647. The van der Waals surface area contributed by atoms with Crippen LogP contribution in [0.15, 0.2) is 51.9 Å². The molecular weight excluding hydrogens is 360 g/mol. The molecule has 3 aromatic rings. The Morgan fingerprint density at radius 3 is 3.04 bits per heavy atom. The highest BCUT2D eigenvalue weighted by molar-refractivity contribution is 5.91. The number of furan rings is 1. The molecule has 4 rings (SSSR count). The number of carbonyl (C=O) groups excluding carboxylic acids is 1. The highest BCUT2D eigenvalue weighted by Crippen LogP contribution is 2.37. The average molecular weight is 382 g/mol. The Bertz CT molecular complexity index is 909. The maximum Gasteiger partial charge on any atom is 0.289 e. The van der Waals surface area contributed by atoms with Gasteiger partial charge in [0, 0.05) is 39.2 Å². The molecule has 3 aromatic heterocycles. The van der Waals surface area contributed by atoms with Gasteiger partial charge in [0.05, 0.1) is 17.2 Å². The first-order chi connectivity index (χ1) is 13.7. The Morgan fingerprint density at radius 2 is 2.29 bits per heavy atom. The van der Waals surface area contributed by atoms with Gasteiger partial charge in [-0.2, -0.15) is 4.98 Å². The molecule has 0 aliphatic carbocycles. The van der Waals surface area contributed by atoms with Gasteiger partial charge in [-0.05, 0) is 43.5 Å². The number of amides is 1. The fourth-order valence-corrected chi connectivity index (χ4v) is 3.70. The summed E-state index contributed by atoms with van der Waals surface area (Å²) in [4.78, 5) is 23.4. The first-order valence-electron chi connectivity index (χ1n) is 9.28. The van der Waals surface area contributed by atoms with Crippen molar-refractivity contribution in [1.29, 1.82) is 0 Å². The first-order valence-corrected chi connectivity index (χ1v) is 9.28. The Labute approximate surface area is 162 Å². The van der Waals surface area contributed by atoms with Gasteiger partial charge in [0.2, 0.25) is 0 Å². The van der Waals surface area contributed by atoms with Crippen LogP contribution in [-0.4, -0.2) is 52.7 Å². The van der Waals surface area contributed by atoms with Gasteiger partial charge >= 0.3 is 0 Å². The summed E-state index contributed by atoms with van der Waals surface area (Å²) >= 11 is 0. The van der Waals surface area contributed by atoms with E-state index in [-0.39, 0.29) is 5.91 Å². The Kier molecular flexibility index (Phi) is 5.21. The maximum absolute atomic E-state index is 12.8. The summed E-state index contributed by atoms with van der Waals surface area (Å²) in [6.45, 7) is 1.70. The summed E-state index contributed by atoms with van der Waals surface area (Å²) in [5.74, 6) is 1.24. The molecule has 1 unspecified atom stereocenters. The molecule has 0 radical (unpaired) electrons. The number of piperidine rings is 1. The molecule has 146 valence electrons. The van der Waals surface area contributed by atoms with Crippen LogP contribution in [-0.2, 0) is 10.2 Å². The number of hydrogen-bond acceptors (Lipinski definition) is 7. The van der Waals surface area contributed by atoms with Gasteiger partial charge in [0.1, 0.15) is 0 Å². The molecule has 1 fully saturated rings. The fraction of sp³-hybridized carbons (Fsp3) is 0.400. The zero-order chi connectivity index (χ0) is 19.4. The van der Waals surface area contributed by atoms with Gasteiger partial charge in [-0.3, -0.25) is 9.78 Å². The molecule has 8 heteroatoms. The third-order valence-electron chi connectivity index (χ3n) is 5.19. The zero-order valence-corrected chi connectivity index (χ0v) is 15.7. The van der Waals surface area contributed by atoms with Crippen molar-refractivity contribution in [1.82, 2.24) is 20.0 Å². The number of likely N-dealkylation sites (tertiary alicyclic amines) is 1. The van der Waals surface area contributed by atoms with E-state index in [2.05, 4.69) is 15.1 Å². The van der Waals surface area contributed by atoms with Crippen LogP contribution in [0.4, 0.5) is 0 Å². The van der Waals surface area contributed by atoms with E-state index in [1.165, 1.54) is 6.26 Å². The predicted octanol–water partition coefficient (Wildman–Crippen LogP) is 2.94. The lowest BCUT2D eigenvalue weighted by atomic mass is 9.76. The van der Waals surface area contributed by atoms with Crippen molar-refractivity contribution < 1.29 is 18.5 Å². The molecule has 1 aliphatic heterocycles. The van der Waals surface area contributed by atoms with Crippen molar-refractivity contribution in [3.8, 4) is 11.5 Å². The predicted molar refractivity (Wildman–Crippen MR) is 99.5 cm³/mol. The lowest BCUT2D eigenvalue weighted by molar-refractivity contribution is 0.0538. The van der Waals surface area contributed by atoms with Crippen molar-refractivity contribution in [2.45, 2.75) is 24.7 Å². The van der Waals surface area contributed by atoms with Crippen molar-refractivity contribution in [3.05, 3.63) is 54.5 Å².